The SMILES string of the molecule is CCCCc1nc(Cl)c(P(=O)(O)O)n1COCC[Si](C)(C)C. The summed E-state index contributed by atoms with van der Waals surface area (Å²) >= 11 is 5.93. The fourth-order valence-electron chi connectivity index (χ4n) is 1.93. The van der Waals surface area contributed by atoms with Crippen LogP contribution in [0.15, 0.2) is 0 Å². The Morgan fingerprint density at radius 1 is 1.36 bits per heavy atom. The summed E-state index contributed by atoms with van der Waals surface area (Å²) in [7, 11) is -5.69. The number of ether oxygens (including phenoxy) is 1. The lowest BCUT2D eigenvalue weighted by Gasteiger charge is -2.17. The molecule has 6 nitrogen and oxygen atoms in total. The van der Waals surface area contributed by atoms with E-state index >= 15 is 0 Å². The summed E-state index contributed by atoms with van der Waals surface area (Å²) in [6.07, 6.45) is 2.46. The van der Waals surface area contributed by atoms with Crippen molar-refractivity contribution in [3.8, 4) is 0 Å². The van der Waals surface area contributed by atoms with Crippen molar-refractivity contribution in [2.24, 2.45) is 0 Å². The first-order valence-corrected chi connectivity index (χ1v) is 13.1. The number of nitrogens with zero attached hydrogens (tertiary/aromatic N) is 2. The second kappa shape index (κ2) is 8.08. The van der Waals surface area contributed by atoms with Crippen LogP contribution < -0.4 is 5.44 Å². The van der Waals surface area contributed by atoms with Gasteiger partial charge in [-0.05, 0) is 12.5 Å². The predicted octanol–water partition coefficient (Wildman–Crippen LogP) is 2.99. The minimum atomic E-state index is -4.49. The van der Waals surface area contributed by atoms with Gasteiger partial charge in [0.15, 0.2) is 10.6 Å². The topological polar surface area (TPSA) is 84.6 Å². The molecule has 0 spiro atoms. The standard InChI is InChI=1S/C13H26ClN2O4PSi/c1-5-6-7-11-15-12(14)13(21(17,18)19)16(11)10-20-8-9-22(2,3)4/h5-10H2,1-4H3,(H2,17,18,19). The number of aryl methyl sites for hydroxylation is 1. The van der Waals surface area contributed by atoms with Crippen LogP contribution in [0.5, 0.6) is 0 Å². The van der Waals surface area contributed by atoms with Crippen LogP contribution in [0, 0.1) is 0 Å². The molecule has 1 aromatic heterocycles. The Labute approximate surface area is 138 Å². The van der Waals surface area contributed by atoms with Gasteiger partial charge in [-0.2, -0.15) is 0 Å². The zero-order valence-electron chi connectivity index (χ0n) is 13.7. The van der Waals surface area contributed by atoms with Gasteiger partial charge in [-0.3, -0.25) is 9.13 Å². The zero-order valence-corrected chi connectivity index (χ0v) is 16.3. The van der Waals surface area contributed by atoms with E-state index < -0.39 is 15.7 Å². The van der Waals surface area contributed by atoms with Crippen molar-refractivity contribution < 1.29 is 19.1 Å². The molecule has 22 heavy (non-hydrogen) atoms. The number of aromatic nitrogens is 2. The van der Waals surface area contributed by atoms with Crippen molar-refractivity contribution >= 4 is 32.7 Å². The highest BCUT2D eigenvalue weighted by Crippen LogP contribution is 2.36. The molecule has 0 bridgehead atoms. The van der Waals surface area contributed by atoms with Crippen molar-refractivity contribution in [1.82, 2.24) is 9.55 Å². The number of hydrogen-bond acceptors (Lipinski definition) is 3. The molecule has 9 heteroatoms. The van der Waals surface area contributed by atoms with Crippen LogP contribution in [-0.4, -0.2) is 34.0 Å². The molecule has 0 amide bonds. The third kappa shape index (κ3) is 6.14. The fraction of sp³-hybridized carbons (Fsp3) is 0.769. The highest BCUT2D eigenvalue weighted by Gasteiger charge is 2.30. The van der Waals surface area contributed by atoms with Crippen LogP contribution in [0.4, 0.5) is 0 Å². The van der Waals surface area contributed by atoms with Gasteiger partial charge in [-0.25, -0.2) is 4.98 Å². The first kappa shape index (κ1) is 19.9. The quantitative estimate of drug-likeness (QED) is 0.397. The minimum absolute atomic E-state index is 0.0731. The van der Waals surface area contributed by atoms with E-state index in [-0.39, 0.29) is 17.3 Å². The number of halogens is 1. The Kier molecular flexibility index (Phi) is 7.30. The van der Waals surface area contributed by atoms with Gasteiger partial charge in [-0.15, -0.1) is 0 Å². The average Bonchev–Trinajstić information content (AvgIpc) is 2.67. The maximum atomic E-state index is 11.7. The molecule has 0 saturated carbocycles. The molecule has 0 radical (unpaired) electrons. The second-order valence-corrected chi connectivity index (χ2v) is 14.1. The van der Waals surface area contributed by atoms with Crippen LogP contribution in [0.1, 0.15) is 25.6 Å². The van der Waals surface area contributed by atoms with Crippen LogP contribution in [0.3, 0.4) is 0 Å². The summed E-state index contributed by atoms with van der Waals surface area (Å²) in [5, 5.41) is -0.131. The Hall–Kier alpha value is -0.173. The smallest absolute Gasteiger partial charge is 0.361 e. The van der Waals surface area contributed by atoms with E-state index in [1.807, 2.05) is 6.92 Å². The van der Waals surface area contributed by atoms with E-state index in [0.717, 1.165) is 18.9 Å². The van der Waals surface area contributed by atoms with E-state index in [4.69, 9.17) is 16.3 Å². The minimum Gasteiger partial charge on any atom is -0.361 e. The zero-order chi connectivity index (χ0) is 17.0. The summed E-state index contributed by atoms with van der Waals surface area (Å²) in [6.45, 7) is 9.43. The van der Waals surface area contributed by atoms with Gasteiger partial charge < -0.3 is 14.5 Å². The average molecular weight is 369 g/mol. The lowest BCUT2D eigenvalue weighted by molar-refractivity contribution is 0.0866. The van der Waals surface area contributed by atoms with Gasteiger partial charge in [0, 0.05) is 21.1 Å². The van der Waals surface area contributed by atoms with E-state index in [1.165, 1.54) is 4.57 Å². The normalized spacial score (nSPS) is 12.9. The molecule has 128 valence electrons. The largest absolute Gasteiger partial charge is 0.375 e. The lowest BCUT2D eigenvalue weighted by Crippen LogP contribution is -2.25. The maximum Gasteiger partial charge on any atom is 0.375 e. The molecule has 0 aliphatic carbocycles. The first-order chi connectivity index (χ1) is 10.1. The lowest BCUT2D eigenvalue weighted by atomic mass is 10.2. The van der Waals surface area contributed by atoms with Crippen LogP contribution in [0.25, 0.3) is 0 Å². The molecule has 0 atom stereocenters. The second-order valence-electron chi connectivity index (χ2n) is 6.57. The number of rotatable bonds is 9. The molecule has 1 aromatic rings. The van der Waals surface area contributed by atoms with Crippen molar-refractivity contribution in [3.05, 3.63) is 11.0 Å². The Morgan fingerprint density at radius 3 is 2.50 bits per heavy atom. The number of hydrogen-bond donors (Lipinski definition) is 2. The molecule has 2 N–H and O–H groups in total. The summed E-state index contributed by atoms with van der Waals surface area (Å²) in [4.78, 5) is 23.1. The van der Waals surface area contributed by atoms with E-state index in [9.17, 15) is 14.4 Å². The molecule has 0 aromatic carbocycles. The predicted molar refractivity (Wildman–Crippen MR) is 91.6 cm³/mol. The number of imidazole rings is 1. The van der Waals surface area contributed by atoms with Crippen molar-refractivity contribution in [1.29, 1.82) is 0 Å². The molecule has 0 saturated heterocycles. The maximum absolute atomic E-state index is 11.7. The summed E-state index contributed by atoms with van der Waals surface area (Å²) in [5.41, 5.74) is -0.242. The highest BCUT2D eigenvalue weighted by atomic mass is 35.5. The Morgan fingerprint density at radius 2 is 2.00 bits per heavy atom. The summed E-state index contributed by atoms with van der Waals surface area (Å²) < 4.78 is 18.7. The Balaban J connectivity index is 2.90. The highest BCUT2D eigenvalue weighted by molar-refractivity contribution is 7.60. The summed E-state index contributed by atoms with van der Waals surface area (Å²) in [6, 6.07) is 0.991. The van der Waals surface area contributed by atoms with Gasteiger partial charge in [-0.1, -0.05) is 44.6 Å². The third-order valence-corrected chi connectivity index (χ3v) is 6.33. The van der Waals surface area contributed by atoms with Gasteiger partial charge in [0.1, 0.15) is 12.6 Å². The molecule has 0 aliphatic heterocycles. The fourth-order valence-corrected chi connectivity index (χ4v) is 3.99. The van der Waals surface area contributed by atoms with Crippen molar-refractivity contribution in [2.75, 3.05) is 6.61 Å². The summed E-state index contributed by atoms with van der Waals surface area (Å²) in [5.74, 6) is 0.568. The van der Waals surface area contributed by atoms with E-state index in [2.05, 4.69) is 24.6 Å². The van der Waals surface area contributed by atoms with Crippen molar-refractivity contribution in [2.45, 2.75) is 58.6 Å². The van der Waals surface area contributed by atoms with Crippen molar-refractivity contribution in [3.63, 3.8) is 0 Å². The van der Waals surface area contributed by atoms with Crippen LogP contribution in [0.2, 0.25) is 30.8 Å². The van der Waals surface area contributed by atoms with Gasteiger partial charge in [0.05, 0.1) is 0 Å². The monoisotopic (exact) mass is 368 g/mol. The van der Waals surface area contributed by atoms with Gasteiger partial charge in [0.25, 0.3) is 0 Å². The molecule has 0 unspecified atom stereocenters. The molecule has 0 fully saturated rings. The molecule has 0 aliphatic rings. The van der Waals surface area contributed by atoms with Gasteiger partial charge >= 0.3 is 7.60 Å². The van der Waals surface area contributed by atoms with E-state index in [1.54, 1.807) is 0 Å². The third-order valence-electron chi connectivity index (χ3n) is 3.23. The molecular formula is C13H26ClN2O4PSi. The Bertz CT molecular complexity index is 539. The molecule has 1 rings (SSSR count). The van der Waals surface area contributed by atoms with Gasteiger partial charge in [0.2, 0.25) is 0 Å². The number of unbranched alkanes of at least 4 members (excludes halogenated alkanes) is 1. The van der Waals surface area contributed by atoms with E-state index in [0.29, 0.717) is 18.9 Å². The first-order valence-electron chi connectivity index (χ1n) is 7.45. The van der Waals surface area contributed by atoms with Crippen LogP contribution >= 0.6 is 19.2 Å². The molecule has 1 heterocycles. The molecular weight excluding hydrogens is 343 g/mol. The van der Waals surface area contributed by atoms with Crippen LogP contribution in [-0.2, 0) is 22.5 Å².